The highest BCUT2D eigenvalue weighted by Gasteiger charge is 2.24. The molecule has 324 valence electrons. The summed E-state index contributed by atoms with van der Waals surface area (Å²) >= 11 is 0. The van der Waals surface area contributed by atoms with E-state index in [0.717, 1.165) is 76.9 Å². The van der Waals surface area contributed by atoms with Crippen LogP contribution in [-0.2, 0) is 9.84 Å². The smallest absolute Gasteiger partial charge is 0.206 e. The second-order valence-corrected chi connectivity index (χ2v) is 20.0. The number of rotatable bonds is 4. The Balaban J connectivity index is 0.781. The van der Waals surface area contributed by atoms with E-state index in [2.05, 4.69) is 130 Å². The van der Waals surface area contributed by atoms with Crippen molar-refractivity contribution in [2.75, 3.05) is 0 Å². The first kappa shape index (κ1) is 37.1. The summed E-state index contributed by atoms with van der Waals surface area (Å²) in [6.45, 7) is 0. The molecular weight excluding hydrogens is 877 g/mol. The minimum absolute atomic E-state index is 0.157. The number of sulfone groups is 1. The SMILES string of the molecule is O=S(=O)(c1ccc2oc3cc4c(cc3c2c1)oc1ccc(-n2c3ccccc3c3ccccc32)cc14)c1ccc2oc3cc4c(cc3c2c1)oc1ccc(-n2c3ccccc3c3ccccc32)cc14. The Kier molecular flexibility index (Phi) is 7.04. The highest BCUT2D eigenvalue weighted by Crippen LogP contribution is 2.43. The van der Waals surface area contributed by atoms with Crippen molar-refractivity contribution in [2.24, 2.45) is 0 Å². The third-order valence-corrected chi connectivity index (χ3v) is 16.1. The van der Waals surface area contributed by atoms with Crippen LogP contribution < -0.4 is 0 Å². The molecule has 69 heavy (non-hydrogen) atoms. The summed E-state index contributed by atoms with van der Waals surface area (Å²) < 4.78 is 59.5. The normalized spacial score (nSPS) is 12.8. The van der Waals surface area contributed by atoms with Crippen LogP contribution in [0, 0.1) is 0 Å². The molecule has 0 aliphatic rings. The lowest BCUT2D eigenvalue weighted by molar-refractivity contribution is 0.596. The van der Waals surface area contributed by atoms with Crippen molar-refractivity contribution in [3.05, 3.63) is 194 Å². The van der Waals surface area contributed by atoms with Gasteiger partial charge in [0.2, 0.25) is 9.84 Å². The summed E-state index contributed by atoms with van der Waals surface area (Å²) in [6.07, 6.45) is 0. The number of hydrogen-bond donors (Lipinski definition) is 0. The fourth-order valence-corrected chi connectivity index (χ4v) is 12.5. The Labute approximate surface area is 389 Å². The van der Waals surface area contributed by atoms with Gasteiger partial charge in [-0.1, -0.05) is 72.8 Å². The average Bonchev–Trinajstić information content (AvgIpc) is 4.24. The van der Waals surface area contributed by atoms with E-state index in [1.165, 1.54) is 21.5 Å². The van der Waals surface area contributed by atoms with Crippen molar-refractivity contribution in [2.45, 2.75) is 9.79 Å². The summed E-state index contributed by atoms with van der Waals surface area (Å²) in [5.74, 6) is 0. The topological polar surface area (TPSA) is 96.6 Å². The average molecular weight is 909 g/mol. The molecule has 0 bridgehead atoms. The number of nitrogens with zero attached hydrogens (tertiary/aromatic N) is 2. The Morgan fingerprint density at radius 1 is 0.261 bits per heavy atom. The van der Waals surface area contributed by atoms with Gasteiger partial charge in [0.25, 0.3) is 0 Å². The van der Waals surface area contributed by atoms with Crippen molar-refractivity contribution >= 4 is 141 Å². The van der Waals surface area contributed by atoms with Crippen molar-refractivity contribution < 1.29 is 26.1 Å². The van der Waals surface area contributed by atoms with Crippen molar-refractivity contribution in [1.82, 2.24) is 9.13 Å². The molecule has 8 nitrogen and oxygen atoms in total. The fraction of sp³-hybridized carbons (Fsp3) is 0. The summed E-state index contributed by atoms with van der Waals surface area (Å²) in [6, 6.07) is 64.4. The lowest BCUT2D eigenvalue weighted by Gasteiger charge is -2.07. The first-order chi connectivity index (χ1) is 33.9. The number of benzene rings is 10. The Morgan fingerprint density at radius 2 is 0.536 bits per heavy atom. The molecule has 0 fully saturated rings. The van der Waals surface area contributed by atoms with E-state index in [9.17, 15) is 8.42 Å². The highest BCUT2D eigenvalue weighted by molar-refractivity contribution is 7.91. The van der Waals surface area contributed by atoms with Crippen molar-refractivity contribution in [3.63, 3.8) is 0 Å². The van der Waals surface area contributed by atoms with Gasteiger partial charge < -0.3 is 26.8 Å². The lowest BCUT2D eigenvalue weighted by Crippen LogP contribution is -2.01. The minimum Gasteiger partial charge on any atom is -0.456 e. The minimum atomic E-state index is -3.99. The predicted molar refractivity (Wildman–Crippen MR) is 276 cm³/mol. The number of para-hydroxylation sites is 4. The van der Waals surface area contributed by atoms with Crippen molar-refractivity contribution in [1.29, 1.82) is 0 Å². The molecular formula is C60H32N2O6S. The van der Waals surface area contributed by atoms with Crippen LogP contribution in [0.25, 0.3) is 143 Å². The first-order valence-electron chi connectivity index (χ1n) is 22.8. The summed E-state index contributed by atoms with van der Waals surface area (Å²) in [5.41, 5.74) is 11.9. The molecule has 9 heteroatoms. The van der Waals surface area contributed by atoms with Crippen LogP contribution >= 0.6 is 0 Å². The van der Waals surface area contributed by atoms with Crippen LogP contribution in [0.4, 0.5) is 0 Å². The number of furan rings is 4. The van der Waals surface area contributed by atoms with E-state index in [1.54, 1.807) is 36.4 Å². The molecule has 0 radical (unpaired) electrons. The van der Waals surface area contributed by atoms with E-state index >= 15 is 0 Å². The van der Waals surface area contributed by atoms with Gasteiger partial charge in [-0.15, -0.1) is 0 Å². The van der Waals surface area contributed by atoms with Crippen molar-refractivity contribution in [3.8, 4) is 11.4 Å². The van der Waals surface area contributed by atoms with Gasteiger partial charge in [-0.3, -0.25) is 0 Å². The van der Waals surface area contributed by atoms with Crippen LogP contribution in [0.1, 0.15) is 0 Å². The monoisotopic (exact) mass is 908 g/mol. The molecule has 16 aromatic rings. The number of aromatic nitrogens is 2. The van der Waals surface area contributed by atoms with Crippen LogP contribution in [0.2, 0.25) is 0 Å². The fourth-order valence-electron chi connectivity index (χ4n) is 11.2. The third-order valence-electron chi connectivity index (χ3n) is 14.3. The van der Waals surface area contributed by atoms with Gasteiger partial charge in [0.15, 0.2) is 0 Å². The molecule has 0 atom stereocenters. The molecule has 0 N–H and O–H groups in total. The number of fused-ring (bicyclic) bond motifs is 18. The zero-order valence-electron chi connectivity index (χ0n) is 36.2. The third kappa shape index (κ3) is 5.03. The zero-order chi connectivity index (χ0) is 45.3. The van der Waals surface area contributed by atoms with E-state index in [1.807, 2.05) is 36.4 Å². The quantitative estimate of drug-likeness (QED) is 0.174. The van der Waals surface area contributed by atoms with E-state index in [4.69, 9.17) is 17.7 Å². The molecule has 16 rings (SSSR count). The maximum atomic E-state index is 14.6. The van der Waals surface area contributed by atoms with E-state index in [-0.39, 0.29) is 9.79 Å². The van der Waals surface area contributed by atoms with Crippen LogP contribution in [0.15, 0.2) is 222 Å². The predicted octanol–water partition coefficient (Wildman–Crippen LogP) is 16.3. The molecule has 0 amide bonds. The molecule has 10 aromatic carbocycles. The zero-order valence-corrected chi connectivity index (χ0v) is 37.0. The number of hydrogen-bond acceptors (Lipinski definition) is 6. The van der Waals surface area contributed by atoms with Gasteiger partial charge in [0.1, 0.15) is 44.7 Å². The lowest BCUT2D eigenvalue weighted by atomic mass is 10.1. The molecule has 0 spiro atoms. The standard InChI is InChI=1S/C60H32N2O6S/c63-69(64,35-19-23-55-43(27-35)47-31-57-45(29-59(47)67-55)41-25-33(17-21-53(41)65-57)61-49-13-5-1-9-37(49)38-10-2-6-14-50(38)61)36-20-24-56-44(28-36)48-32-58-46(30-60(48)68-56)42-26-34(18-22-54(42)66-58)62-51-15-7-3-11-39(51)40-12-4-8-16-52(40)62/h1-32H. The Morgan fingerprint density at radius 3 is 0.870 bits per heavy atom. The van der Waals surface area contributed by atoms with Gasteiger partial charge >= 0.3 is 0 Å². The van der Waals surface area contributed by atoms with Gasteiger partial charge in [-0.25, -0.2) is 8.42 Å². The second-order valence-electron chi connectivity index (χ2n) is 18.0. The summed E-state index contributed by atoms with van der Waals surface area (Å²) in [7, 11) is -3.99. The van der Waals surface area contributed by atoms with Gasteiger partial charge in [0, 0.05) is 76.0 Å². The van der Waals surface area contributed by atoms with E-state index in [0.29, 0.717) is 44.3 Å². The van der Waals surface area contributed by atoms with Crippen LogP contribution in [-0.4, -0.2) is 17.6 Å². The maximum absolute atomic E-state index is 14.6. The van der Waals surface area contributed by atoms with Gasteiger partial charge in [-0.2, -0.15) is 0 Å². The maximum Gasteiger partial charge on any atom is 0.206 e. The van der Waals surface area contributed by atoms with Gasteiger partial charge in [0.05, 0.1) is 31.9 Å². The van der Waals surface area contributed by atoms with E-state index < -0.39 is 9.84 Å². The second kappa shape index (κ2) is 13.1. The Hall–Kier alpha value is -9.05. The van der Waals surface area contributed by atoms with Crippen LogP contribution in [0.5, 0.6) is 0 Å². The molecule has 0 saturated carbocycles. The van der Waals surface area contributed by atoms with Gasteiger partial charge in [-0.05, 0) is 121 Å². The molecule has 0 saturated heterocycles. The highest BCUT2D eigenvalue weighted by atomic mass is 32.2. The summed E-state index contributed by atoms with van der Waals surface area (Å²) in [4.78, 5) is 0.313. The molecule has 0 aliphatic heterocycles. The molecule has 0 aliphatic carbocycles. The summed E-state index contributed by atoms with van der Waals surface area (Å²) in [5, 5.41) is 11.4. The largest absolute Gasteiger partial charge is 0.456 e. The first-order valence-corrected chi connectivity index (χ1v) is 24.3. The Bertz CT molecular complexity index is 4640. The van der Waals surface area contributed by atoms with Crippen LogP contribution in [0.3, 0.4) is 0 Å². The molecule has 6 aromatic heterocycles. The molecule has 0 unspecified atom stereocenters. The molecule has 6 heterocycles.